The Labute approximate surface area is 85.3 Å². The number of hydrogen-bond donors (Lipinski definition) is 0. The molecule has 0 saturated carbocycles. The van der Waals surface area contributed by atoms with Crippen molar-refractivity contribution in [3.8, 4) is 0 Å². The van der Waals surface area contributed by atoms with Gasteiger partial charge in [-0.1, -0.05) is 6.07 Å². The summed E-state index contributed by atoms with van der Waals surface area (Å²) in [7, 11) is 0. The summed E-state index contributed by atoms with van der Waals surface area (Å²) in [5.74, 6) is -0.242. The predicted octanol–water partition coefficient (Wildman–Crippen LogP) is 1.95. The van der Waals surface area contributed by atoms with Gasteiger partial charge in [0.15, 0.2) is 0 Å². The minimum absolute atomic E-state index is 0.229. The number of carbonyl (C=O) groups excluding carboxylic acids is 1. The van der Waals surface area contributed by atoms with Crippen molar-refractivity contribution in [1.82, 2.24) is 4.98 Å². The van der Waals surface area contributed by atoms with Gasteiger partial charge in [0.05, 0.1) is 18.7 Å². The molecular formula is C9H10BrNO2. The van der Waals surface area contributed by atoms with Crippen LogP contribution in [0.3, 0.4) is 0 Å². The van der Waals surface area contributed by atoms with Crippen LogP contribution in [0.4, 0.5) is 0 Å². The zero-order valence-electron chi connectivity index (χ0n) is 7.29. The third kappa shape index (κ3) is 3.55. The van der Waals surface area contributed by atoms with Gasteiger partial charge in [0.1, 0.15) is 4.60 Å². The number of pyridine rings is 1. The van der Waals surface area contributed by atoms with E-state index in [9.17, 15) is 4.79 Å². The molecule has 0 aliphatic rings. The van der Waals surface area contributed by atoms with Gasteiger partial charge in [-0.3, -0.25) is 4.79 Å². The molecule has 3 nitrogen and oxygen atoms in total. The zero-order valence-corrected chi connectivity index (χ0v) is 8.87. The van der Waals surface area contributed by atoms with Crippen molar-refractivity contribution in [2.75, 3.05) is 6.61 Å². The Hall–Kier alpha value is -0.900. The second-order valence-electron chi connectivity index (χ2n) is 2.43. The molecule has 1 aromatic rings. The van der Waals surface area contributed by atoms with Gasteiger partial charge in [0, 0.05) is 0 Å². The van der Waals surface area contributed by atoms with Crippen LogP contribution < -0.4 is 0 Å². The van der Waals surface area contributed by atoms with Crippen LogP contribution in [0.1, 0.15) is 12.6 Å². The number of esters is 1. The van der Waals surface area contributed by atoms with Crippen molar-refractivity contribution in [1.29, 1.82) is 0 Å². The fourth-order valence-corrected chi connectivity index (χ4v) is 1.29. The SMILES string of the molecule is CCOC(=O)Cc1cccc(Br)n1. The van der Waals surface area contributed by atoms with Crippen molar-refractivity contribution in [3.63, 3.8) is 0 Å². The van der Waals surface area contributed by atoms with Gasteiger partial charge in [0.25, 0.3) is 0 Å². The summed E-state index contributed by atoms with van der Waals surface area (Å²) in [6.45, 7) is 2.19. The van der Waals surface area contributed by atoms with Gasteiger partial charge in [-0.05, 0) is 35.0 Å². The van der Waals surface area contributed by atoms with Gasteiger partial charge in [-0.2, -0.15) is 0 Å². The first-order chi connectivity index (χ1) is 6.22. The van der Waals surface area contributed by atoms with E-state index >= 15 is 0 Å². The lowest BCUT2D eigenvalue weighted by Crippen LogP contribution is -2.08. The minimum Gasteiger partial charge on any atom is -0.466 e. The van der Waals surface area contributed by atoms with Crippen molar-refractivity contribution in [2.45, 2.75) is 13.3 Å². The summed E-state index contributed by atoms with van der Waals surface area (Å²) >= 11 is 3.23. The first-order valence-electron chi connectivity index (χ1n) is 3.99. The Morgan fingerprint density at radius 2 is 2.38 bits per heavy atom. The molecule has 70 valence electrons. The summed E-state index contributed by atoms with van der Waals surface area (Å²) in [5, 5.41) is 0. The summed E-state index contributed by atoms with van der Waals surface area (Å²) < 4.78 is 5.52. The Kier molecular flexibility index (Phi) is 3.89. The maximum Gasteiger partial charge on any atom is 0.311 e. The number of rotatable bonds is 3. The number of hydrogen-bond acceptors (Lipinski definition) is 3. The van der Waals surface area contributed by atoms with Crippen LogP contribution in [0.15, 0.2) is 22.8 Å². The van der Waals surface area contributed by atoms with Crippen molar-refractivity contribution >= 4 is 21.9 Å². The highest BCUT2D eigenvalue weighted by atomic mass is 79.9. The predicted molar refractivity (Wildman–Crippen MR) is 52.3 cm³/mol. The lowest BCUT2D eigenvalue weighted by atomic mass is 10.3. The molecule has 0 aliphatic heterocycles. The van der Waals surface area contributed by atoms with Gasteiger partial charge in [-0.15, -0.1) is 0 Å². The maximum atomic E-state index is 11.0. The monoisotopic (exact) mass is 243 g/mol. The van der Waals surface area contributed by atoms with Crippen LogP contribution in [-0.2, 0) is 16.0 Å². The number of aromatic nitrogens is 1. The third-order valence-electron chi connectivity index (χ3n) is 1.40. The lowest BCUT2D eigenvalue weighted by molar-refractivity contribution is -0.142. The van der Waals surface area contributed by atoms with Crippen LogP contribution in [0.2, 0.25) is 0 Å². The van der Waals surface area contributed by atoms with E-state index in [0.29, 0.717) is 12.3 Å². The first-order valence-corrected chi connectivity index (χ1v) is 4.78. The fraction of sp³-hybridized carbons (Fsp3) is 0.333. The van der Waals surface area contributed by atoms with Crippen LogP contribution >= 0.6 is 15.9 Å². The second-order valence-corrected chi connectivity index (χ2v) is 3.25. The van der Waals surface area contributed by atoms with E-state index in [0.717, 1.165) is 4.60 Å². The lowest BCUT2D eigenvalue weighted by Gasteiger charge is -2.00. The Morgan fingerprint density at radius 1 is 1.62 bits per heavy atom. The molecule has 0 N–H and O–H groups in total. The van der Waals surface area contributed by atoms with Crippen molar-refractivity contribution < 1.29 is 9.53 Å². The summed E-state index contributed by atoms with van der Waals surface area (Å²) in [6, 6.07) is 5.45. The van der Waals surface area contributed by atoms with E-state index in [4.69, 9.17) is 4.74 Å². The molecule has 1 heterocycles. The molecule has 4 heteroatoms. The molecule has 1 aromatic heterocycles. The average molecular weight is 244 g/mol. The van der Waals surface area contributed by atoms with Crippen LogP contribution in [-0.4, -0.2) is 17.6 Å². The maximum absolute atomic E-state index is 11.0. The van der Waals surface area contributed by atoms with Gasteiger partial charge in [-0.25, -0.2) is 4.98 Å². The molecule has 0 atom stereocenters. The molecule has 0 fully saturated rings. The highest BCUT2D eigenvalue weighted by Crippen LogP contribution is 2.06. The van der Waals surface area contributed by atoms with Gasteiger partial charge >= 0.3 is 5.97 Å². The number of nitrogens with zero attached hydrogens (tertiary/aromatic N) is 1. The fourth-order valence-electron chi connectivity index (χ4n) is 0.909. The second kappa shape index (κ2) is 4.97. The number of ether oxygens (including phenoxy) is 1. The summed E-state index contributed by atoms with van der Waals surface area (Å²) in [4.78, 5) is 15.2. The normalized spacial score (nSPS) is 9.69. The Balaban J connectivity index is 2.58. The topological polar surface area (TPSA) is 39.2 Å². The van der Waals surface area contributed by atoms with E-state index in [-0.39, 0.29) is 12.4 Å². The Bertz CT molecular complexity index is 301. The van der Waals surface area contributed by atoms with E-state index in [1.165, 1.54) is 0 Å². The number of carbonyl (C=O) groups is 1. The van der Waals surface area contributed by atoms with E-state index < -0.39 is 0 Å². The first kappa shape index (κ1) is 10.2. The third-order valence-corrected chi connectivity index (χ3v) is 1.85. The molecule has 0 aromatic carbocycles. The van der Waals surface area contributed by atoms with Gasteiger partial charge < -0.3 is 4.74 Å². The quantitative estimate of drug-likeness (QED) is 0.602. The highest BCUT2D eigenvalue weighted by molar-refractivity contribution is 9.10. The molecular weight excluding hydrogens is 234 g/mol. The Morgan fingerprint density at radius 3 is 3.00 bits per heavy atom. The largest absolute Gasteiger partial charge is 0.466 e. The highest BCUT2D eigenvalue weighted by Gasteiger charge is 2.04. The smallest absolute Gasteiger partial charge is 0.311 e. The van der Waals surface area contributed by atoms with Crippen LogP contribution in [0.25, 0.3) is 0 Å². The minimum atomic E-state index is -0.242. The molecule has 0 saturated heterocycles. The summed E-state index contributed by atoms with van der Waals surface area (Å²) in [5.41, 5.74) is 0.716. The van der Waals surface area contributed by atoms with Gasteiger partial charge in [0.2, 0.25) is 0 Å². The van der Waals surface area contributed by atoms with E-state index in [1.54, 1.807) is 13.0 Å². The molecule has 0 bridgehead atoms. The molecule has 0 spiro atoms. The molecule has 0 aliphatic carbocycles. The van der Waals surface area contributed by atoms with Crippen LogP contribution in [0, 0.1) is 0 Å². The molecule has 1 rings (SSSR count). The standard InChI is InChI=1S/C9H10BrNO2/c1-2-13-9(12)6-7-4-3-5-8(10)11-7/h3-5H,2,6H2,1H3. The molecule has 13 heavy (non-hydrogen) atoms. The average Bonchev–Trinajstić information content (AvgIpc) is 2.04. The van der Waals surface area contributed by atoms with Crippen molar-refractivity contribution in [3.05, 3.63) is 28.5 Å². The van der Waals surface area contributed by atoms with Crippen molar-refractivity contribution in [2.24, 2.45) is 0 Å². The van der Waals surface area contributed by atoms with Crippen LogP contribution in [0.5, 0.6) is 0 Å². The molecule has 0 unspecified atom stereocenters. The number of halogens is 1. The summed E-state index contributed by atoms with van der Waals surface area (Å²) in [6.07, 6.45) is 0.229. The molecule has 0 amide bonds. The molecule has 0 radical (unpaired) electrons. The van der Waals surface area contributed by atoms with E-state index in [2.05, 4.69) is 20.9 Å². The van der Waals surface area contributed by atoms with E-state index in [1.807, 2.05) is 12.1 Å². The zero-order chi connectivity index (χ0) is 9.68.